The molecule has 0 aliphatic carbocycles. The maximum absolute atomic E-state index is 14.4. The van der Waals surface area contributed by atoms with E-state index in [2.05, 4.69) is 5.32 Å². The summed E-state index contributed by atoms with van der Waals surface area (Å²) in [4.78, 5) is 29.3. The van der Waals surface area contributed by atoms with Crippen LogP contribution in [0, 0.1) is 20.8 Å². The monoisotopic (exact) mass is 583 g/mol. The van der Waals surface area contributed by atoms with Crippen molar-refractivity contribution >= 4 is 27.5 Å². The quantitative estimate of drug-likeness (QED) is 0.263. The fraction of sp³-hybridized carbons (Fsp3) is 0.235. The fourth-order valence-corrected chi connectivity index (χ4v) is 6.45. The van der Waals surface area contributed by atoms with Crippen molar-refractivity contribution < 1.29 is 18.0 Å². The van der Waals surface area contributed by atoms with Crippen LogP contribution in [-0.2, 0) is 32.6 Å². The molecule has 1 unspecified atom stereocenters. The van der Waals surface area contributed by atoms with E-state index in [0.717, 1.165) is 32.1 Å². The molecule has 4 rings (SSSR count). The molecule has 1 N–H and O–H groups in total. The molecule has 7 nitrogen and oxygen atoms in total. The number of nitrogens with one attached hydrogen (secondary N) is 1. The van der Waals surface area contributed by atoms with Crippen LogP contribution in [0.25, 0.3) is 0 Å². The second kappa shape index (κ2) is 13.5. The Labute approximate surface area is 248 Å². The zero-order valence-electron chi connectivity index (χ0n) is 24.4. The number of hydrogen-bond donors (Lipinski definition) is 1. The second-order valence-corrected chi connectivity index (χ2v) is 12.3. The number of carbonyl (C=O) groups is 2. The van der Waals surface area contributed by atoms with Crippen LogP contribution >= 0.6 is 0 Å². The smallest absolute Gasteiger partial charge is 0.264 e. The van der Waals surface area contributed by atoms with Crippen LogP contribution in [-0.4, -0.2) is 44.8 Å². The molecule has 8 heteroatoms. The lowest BCUT2D eigenvalue weighted by Crippen LogP contribution is -2.53. The highest BCUT2D eigenvalue weighted by Crippen LogP contribution is 2.27. The zero-order valence-corrected chi connectivity index (χ0v) is 25.3. The zero-order chi connectivity index (χ0) is 30.3. The molecule has 0 bridgehead atoms. The van der Waals surface area contributed by atoms with Gasteiger partial charge >= 0.3 is 0 Å². The van der Waals surface area contributed by atoms with Gasteiger partial charge in [0.05, 0.1) is 10.6 Å². The number of nitrogens with zero attached hydrogens (tertiary/aromatic N) is 2. The number of rotatable bonds is 11. The van der Waals surface area contributed by atoms with Gasteiger partial charge in [-0.2, -0.15) is 0 Å². The highest BCUT2D eigenvalue weighted by atomic mass is 32.2. The van der Waals surface area contributed by atoms with E-state index >= 15 is 0 Å². The highest BCUT2D eigenvalue weighted by Gasteiger charge is 2.34. The molecule has 0 aliphatic rings. The summed E-state index contributed by atoms with van der Waals surface area (Å²) in [6, 6.07) is 29.8. The molecule has 0 aromatic heterocycles. The lowest BCUT2D eigenvalue weighted by atomic mass is 10.0. The standard InChI is InChI=1S/C34H37N3O4S/c1-25-19-26(2)21-30(20-25)37(42(40,41)31-17-9-6-10-18-31)24-33(38)36(23-29-16-12-11-13-27(29)3)32(34(39)35-4)22-28-14-7-5-8-15-28/h5-21,32H,22-24H2,1-4H3,(H,35,39). The van der Waals surface area contributed by atoms with Gasteiger partial charge in [0.15, 0.2) is 0 Å². The number of anilines is 1. The van der Waals surface area contributed by atoms with Crippen molar-refractivity contribution in [2.75, 3.05) is 17.9 Å². The summed E-state index contributed by atoms with van der Waals surface area (Å²) in [6.45, 7) is 5.39. The van der Waals surface area contributed by atoms with Crippen molar-refractivity contribution in [2.45, 2.75) is 44.7 Å². The first-order valence-electron chi connectivity index (χ1n) is 13.9. The van der Waals surface area contributed by atoms with Gasteiger partial charge in [0.1, 0.15) is 12.6 Å². The Kier molecular flexibility index (Phi) is 9.80. The summed E-state index contributed by atoms with van der Waals surface area (Å²) >= 11 is 0. The lowest BCUT2D eigenvalue weighted by Gasteiger charge is -2.34. The first-order valence-corrected chi connectivity index (χ1v) is 15.3. The van der Waals surface area contributed by atoms with Crippen molar-refractivity contribution in [2.24, 2.45) is 0 Å². The van der Waals surface area contributed by atoms with Crippen LogP contribution in [0.15, 0.2) is 108 Å². The van der Waals surface area contributed by atoms with E-state index in [1.54, 1.807) is 37.4 Å². The summed E-state index contributed by atoms with van der Waals surface area (Å²) in [7, 11) is -2.58. The second-order valence-electron chi connectivity index (χ2n) is 10.4. The van der Waals surface area contributed by atoms with Crippen molar-refractivity contribution in [3.8, 4) is 0 Å². The molecule has 0 aliphatic heterocycles. The Morgan fingerprint density at radius 1 is 0.786 bits per heavy atom. The van der Waals surface area contributed by atoms with E-state index in [-0.39, 0.29) is 23.8 Å². The molecule has 0 saturated heterocycles. The van der Waals surface area contributed by atoms with Crippen LogP contribution in [0.1, 0.15) is 27.8 Å². The molecular formula is C34H37N3O4S. The molecule has 0 saturated carbocycles. The Hall–Kier alpha value is -4.43. The average Bonchev–Trinajstić information content (AvgIpc) is 2.98. The normalized spacial score (nSPS) is 11.9. The maximum atomic E-state index is 14.4. The molecule has 4 aromatic carbocycles. The predicted octanol–water partition coefficient (Wildman–Crippen LogP) is 5.19. The SMILES string of the molecule is CNC(=O)C(Cc1ccccc1)N(Cc1ccccc1C)C(=O)CN(c1cc(C)cc(C)c1)S(=O)(=O)c1ccccc1. The molecule has 42 heavy (non-hydrogen) atoms. The van der Waals surface area contributed by atoms with Crippen molar-refractivity contribution in [3.63, 3.8) is 0 Å². The molecule has 0 spiro atoms. The Bertz CT molecular complexity index is 1620. The number of carbonyl (C=O) groups excluding carboxylic acids is 2. The minimum absolute atomic E-state index is 0.0783. The minimum Gasteiger partial charge on any atom is -0.357 e. The fourth-order valence-electron chi connectivity index (χ4n) is 5.03. The van der Waals surface area contributed by atoms with E-state index in [0.29, 0.717) is 5.69 Å². The Morgan fingerprint density at radius 3 is 1.95 bits per heavy atom. The molecule has 218 valence electrons. The van der Waals surface area contributed by atoms with Crippen molar-refractivity contribution in [3.05, 3.63) is 131 Å². The van der Waals surface area contributed by atoms with Crippen molar-refractivity contribution in [1.82, 2.24) is 10.2 Å². The molecule has 1 atom stereocenters. The molecular weight excluding hydrogens is 546 g/mol. The van der Waals surface area contributed by atoms with Gasteiger partial charge in [-0.05, 0) is 72.9 Å². The van der Waals surface area contributed by atoms with Gasteiger partial charge in [-0.1, -0.05) is 78.9 Å². The van der Waals surface area contributed by atoms with E-state index in [4.69, 9.17) is 0 Å². The van der Waals surface area contributed by atoms with E-state index in [1.165, 1.54) is 17.0 Å². The van der Waals surface area contributed by atoms with E-state index in [9.17, 15) is 18.0 Å². The molecule has 0 radical (unpaired) electrons. The summed E-state index contributed by atoms with van der Waals surface area (Å²) in [6.07, 6.45) is 0.271. The predicted molar refractivity (Wildman–Crippen MR) is 167 cm³/mol. The van der Waals surface area contributed by atoms with Crippen LogP contribution in [0.5, 0.6) is 0 Å². The van der Waals surface area contributed by atoms with Crippen LogP contribution in [0.3, 0.4) is 0 Å². The molecule has 2 amide bonds. The van der Waals surface area contributed by atoms with Gasteiger partial charge in [0.2, 0.25) is 11.8 Å². The summed E-state index contributed by atoms with van der Waals surface area (Å²) < 4.78 is 29.3. The van der Waals surface area contributed by atoms with Gasteiger partial charge in [0.25, 0.3) is 10.0 Å². The third-order valence-corrected chi connectivity index (χ3v) is 9.01. The topological polar surface area (TPSA) is 86.8 Å². The van der Waals surface area contributed by atoms with Gasteiger partial charge in [0, 0.05) is 20.0 Å². The molecule has 0 heterocycles. The number of likely N-dealkylation sites (N-methyl/N-ethyl adjacent to an activating group) is 1. The molecule has 4 aromatic rings. The first-order chi connectivity index (χ1) is 20.1. The largest absolute Gasteiger partial charge is 0.357 e. The van der Waals surface area contributed by atoms with Gasteiger partial charge < -0.3 is 10.2 Å². The minimum atomic E-state index is -4.12. The van der Waals surface area contributed by atoms with Gasteiger partial charge in [-0.3, -0.25) is 13.9 Å². The summed E-state index contributed by atoms with van der Waals surface area (Å²) in [5, 5.41) is 2.71. The van der Waals surface area contributed by atoms with E-state index in [1.807, 2.05) is 81.4 Å². The molecule has 0 fully saturated rings. The summed E-state index contributed by atoms with van der Waals surface area (Å²) in [5.41, 5.74) is 4.85. The lowest BCUT2D eigenvalue weighted by molar-refractivity contribution is -0.139. The van der Waals surface area contributed by atoms with Crippen LogP contribution < -0.4 is 9.62 Å². The average molecular weight is 584 g/mol. The Morgan fingerprint density at radius 2 is 1.36 bits per heavy atom. The van der Waals surface area contributed by atoms with Crippen LogP contribution in [0.2, 0.25) is 0 Å². The highest BCUT2D eigenvalue weighted by molar-refractivity contribution is 7.92. The van der Waals surface area contributed by atoms with Crippen LogP contribution in [0.4, 0.5) is 5.69 Å². The number of hydrogen-bond acceptors (Lipinski definition) is 4. The van der Waals surface area contributed by atoms with Gasteiger partial charge in [-0.25, -0.2) is 8.42 Å². The number of amides is 2. The number of aryl methyl sites for hydroxylation is 3. The van der Waals surface area contributed by atoms with E-state index < -0.39 is 28.5 Å². The van der Waals surface area contributed by atoms with Gasteiger partial charge in [-0.15, -0.1) is 0 Å². The number of sulfonamides is 1. The summed E-state index contributed by atoms with van der Waals surface area (Å²) in [5.74, 6) is -0.814. The van der Waals surface area contributed by atoms with Crippen molar-refractivity contribution in [1.29, 1.82) is 0 Å². The third-order valence-electron chi connectivity index (χ3n) is 7.22. The number of benzene rings is 4. The Balaban J connectivity index is 1.81. The first kappa shape index (κ1) is 30.5. The third kappa shape index (κ3) is 7.25. The maximum Gasteiger partial charge on any atom is 0.264 e.